The van der Waals surface area contributed by atoms with Gasteiger partial charge in [-0.05, 0) is 179 Å². The second kappa shape index (κ2) is 19.0. The lowest BCUT2D eigenvalue weighted by atomic mass is 9.95. The molecule has 0 saturated heterocycles. The van der Waals surface area contributed by atoms with E-state index in [0.29, 0.717) is 0 Å². The molecule has 0 unspecified atom stereocenters. The summed E-state index contributed by atoms with van der Waals surface area (Å²) in [5.41, 5.74) is 22.7. The minimum absolute atomic E-state index is 0.779. The van der Waals surface area contributed by atoms with Crippen LogP contribution in [0.2, 0.25) is 0 Å². The minimum Gasteiger partial charge on any atom is -0.456 e. The van der Waals surface area contributed by atoms with Crippen LogP contribution < -0.4 is 9.80 Å². The molecular formula is C78H54N2O3. The Morgan fingerprint density at radius 3 is 1.34 bits per heavy atom. The van der Waals surface area contributed by atoms with E-state index in [0.717, 1.165) is 133 Å². The molecule has 3 heterocycles. The summed E-state index contributed by atoms with van der Waals surface area (Å²) >= 11 is 0. The van der Waals surface area contributed by atoms with E-state index in [4.69, 9.17) is 13.3 Å². The smallest absolute Gasteiger partial charge is 0.144 e. The van der Waals surface area contributed by atoms with Gasteiger partial charge in [-0.3, -0.25) is 0 Å². The maximum Gasteiger partial charge on any atom is 0.144 e. The molecule has 0 aliphatic heterocycles. The Morgan fingerprint density at radius 1 is 0.253 bits per heavy atom. The van der Waals surface area contributed by atoms with Gasteiger partial charge in [-0.25, -0.2) is 0 Å². The molecule has 5 nitrogen and oxygen atoms in total. The van der Waals surface area contributed by atoms with Crippen LogP contribution in [0.4, 0.5) is 34.1 Å². The van der Waals surface area contributed by atoms with Crippen LogP contribution in [0.5, 0.6) is 0 Å². The van der Waals surface area contributed by atoms with Gasteiger partial charge < -0.3 is 23.1 Å². The van der Waals surface area contributed by atoms with E-state index in [2.05, 4.69) is 280 Å². The van der Waals surface area contributed by atoms with Crippen molar-refractivity contribution in [2.45, 2.75) is 27.7 Å². The summed E-state index contributed by atoms with van der Waals surface area (Å²) in [5, 5.41) is 10.6. The average Bonchev–Trinajstić information content (AvgIpc) is 3.24. The Morgan fingerprint density at radius 2 is 0.747 bits per heavy atom. The monoisotopic (exact) mass is 1070 g/mol. The zero-order valence-corrected chi connectivity index (χ0v) is 46.4. The van der Waals surface area contributed by atoms with Crippen molar-refractivity contribution in [3.63, 3.8) is 0 Å². The highest BCUT2D eigenvalue weighted by Crippen LogP contribution is 2.50. The van der Waals surface area contributed by atoms with Crippen molar-refractivity contribution in [2.24, 2.45) is 0 Å². The first-order chi connectivity index (χ1) is 40.8. The third kappa shape index (κ3) is 7.91. The molecule has 16 aromatic rings. The number of nitrogens with zero attached hydrogens (tertiary/aromatic N) is 2. The van der Waals surface area contributed by atoms with Gasteiger partial charge in [0.15, 0.2) is 0 Å². The van der Waals surface area contributed by atoms with Gasteiger partial charge in [0.1, 0.15) is 33.5 Å². The second-order valence-corrected chi connectivity index (χ2v) is 22.2. The number of para-hydroxylation sites is 4. The molecule has 0 N–H and O–H groups in total. The van der Waals surface area contributed by atoms with Crippen molar-refractivity contribution in [3.05, 3.63) is 277 Å². The van der Waals surface area contributed by atoms with Crippen LogP contribution in [0.15, 0.2) is 268 Å². The molecule has 0 bridgehead atoms. The second-order valence-electron chi connectivity index (χ2n) is 22.2. The highest BCUT2D eigenvalue weighted by molar-refractivity contribution is 6.31. The van der Waals surface area contributed by atoms with Gasteiger partial charge in [-0.1, -0.05) is 170 Å². The number of aryl methyl sites for hydroxylation is 4. The number of furan rings is 3. The molecule has 394 valence electrons. The molecule has 83 heavy (non-hydrogen) atoms. The van der Waals surface area contributed by atoms with Gasteiger partial charge in [0.25, 0.3) is 0 Å². The normalized spacial score (nSPS) is 11.9. The molecule has 0 aliphatic carbocycles. The van der Waals surface area contributed by atoms with E-state index in [1.54, 1.807) is 0 Å². The third-order valence-corrected chi connectivity index (χ3v) is 17.1. The largest absolute Gasteiger partial charge is 0.456 e. The SMILES string of the molecule is Cc1ccccc1N(c1ccc2cc3c(cc2c1)oc1cc(-c2cccc4c2oc2ccccc24)c2oc4cc5cc(N(c6ccccc6C)c6cc(-c7ccccc7)ccc6C)ccc5cc4c2c13)c1cc(-c2ccccc2)ccc1C. The van der Waals surface area contributed by atoms with Gasteiger partial charge >= 0.3 is 0 Å². The maximum atomic E-state index is 7.34. The van der Waals surface area contributed by atoms with Crippen LogP contribution in [-0.2, 0) is 0 Å². The van der Waals surface area contributed by atoms with Crippen LogP contribution in [0.1, 0.15) is 22.3 Å². The van der Waals surface area contributed by atoms with Crippen LogP contribution in [0.3, 0.4) is 0 Å². The molecule has 0 atom stereocenters. The fourth-order valence-corrected chi connectivity index (χ4v) is 12.9. The van der Waals surface area contributed by atoms with E-state index in [-0.39, 0.29) is 0 Å². The lowest BCUT2D eigenvalue weighted by molar-refractivity contribution is 0.662. The fourth-order valence-electron chi connectivity index (χ4n) is 12.9. The summed E-state index contributed by atoms with van der Waals surface area (Å²) in [6.45, 7) is 8.78. The van der Waals surface area contributed by atoms with Crippen LogP contribution in [0, 0.1) is 27.7 Å². The molecule has 5 heteroatoms. The molecule has 0 amide bonds. The molecular weight excluding hydrogens is 1010 g/mol. The molecule has 3 aromatic heterocycles. The van der Waals surface area contributed by atoms with Crippen LogP contribution in [-0.4, -0.2) is 0 Å². The first-order valence-electron chi connectivity index (χ1n) is 28.5. The topological polar surface area (TPSA) is 45.9 Å². The van der Waals surface area contributed by atoms with Crippen molar-refractivity contribution in [3.8, 4) is 33.4 Å². The van der Waals surface area contributed by atoms with E-state index in [1.165, 1.54) is 44.5 Å². The fraction of sp³-hybridized carbons (Fsp3) is 0.0513. The van der Waals surface area contributed by atoms with Crippen molar-refractivity contribution in [2.75, 3.05) is 9.80 Å². The molecule has 0 spiro atoms. The van der Waals surface area contributed by atoms with Crippen molar-refractivity contribution < 1.29 is 13.3 Å². The first kappa shape index (κ1) is 48.3. The Hall–Kier alpha value is -10.6. The van der Waals surface area contributed by atoms with Crippen molar-refractivity contribution in [1.29, 1.82) is 0 Å². The van der Waals surface area contributed by atoms with Gasteiger partial charge in [0, 0.05) is 77.6 Å². The summed E-state index contributed by atoms with van der Waals surface area (Å²) in [4.78, 5) is 4.81. The molecule has 0 radical (unpaired) electrons. The molecule has 0 aliphatic rings. The molecule has 0 fully saturated rings. The Bertz CT molecular complexity index is 5280. The van der Waals surface area contributed by atoms with E-state index < -0.39 is 0 Å². The van der Waals surface area contributed by atoms with Gasteiger partial charge in [-0.2, -0.15) is 0 Å². The lowest BCUT2D eigenvalue weighted by Crippen LogP contribution is -2.12. The summed E-state index contributed by atoms with van der Waals surface area (Å²) in [6, 6.07) is 91.7. The standard InChI is InChI=1S/C78H54N2O3/c1-47-18-11-14-27-67(47)79(69-42-55(32-30-49(69)3)51-20-7-5-8-21-51)59-36-34-53-40-65-72(44-57(53)38-59)81-74-46-64(63-26-17-25-62-61-24-13-16-29-71(61)82-77(62)63)78-76(75(65)74)66-41-54-35-37-60(39-58(54)45-73(66)83-78)80(68-28-15-12-19-48(68)2)70-43-56(33-31-50(70)4)52-22-9-6-10-23-52/h5-46H,1-4H3. The Kier molecular flexibility index (Phi) is 11.1. The van der Waals surface area contributed by atoms with E-state index in [9.17, 15) is 0 Å². The van der Waals surface area contributed by atoms with Crippen molar-refractivity contribution >= 4 is 121 Å². The molecule has 13 aromatic carbocycles. The number of fused-ring (bicyclic) bond motifs is 12. The summed E-state index contributed by atoms with van der Waals surface area (Å²) in [7, 11) is 0. The van der Waals surface area contributed by atoms with Crippen LogP contribution in [0.25, 0.3) is 121 Å². The van der Waals surface area contributed by atoms with Gasteiger partial charge in [0.05, 0.1) is 0 Å². The predicted octanol–water partition coefficient (Wildman–Crippen LogP) is 22.9. The van der Waals surface area contributed by atoms with Crippen molar-refractivity contribution in [1.82, 2.24) is 0 Å². The quantitative estimate of drug-likeness (QED) is 0.144. The minimum atomic E-state index is 0.779. The van der Waals surface area contributed by atoms with Gasteiger partial charge in [-0.15, -0.1) is 0 Å². The Balaban J connectivity index is 0.907. The first-order valence-corrected chi connectivity index (χ1v) is 28.5. The van der Waals surface area contributed by atoms with E-state index in [1.807, 2.05) is 12.1 Å². The van der Waals surface area contributed by atoms with Crippen LogP contribution >= 0.6 is 0 Å². The highest BCUT2D eigenvalue weighted by Gasteiger charge is 2.26. The molecule has 16 rings (SSSR count). The zero-order valence-electron chi connectivity index (χ0n) is 46.4. The number of anilines is 6. The number of benzene rings is 13. The molecule has 0 saturated carbocycles. The highest BCUT2D eigenvalue weighted by atomic mass is 16.3. The number of hydrogen-bond donors (Lipinski definition) is 0. The number of hydrogen-bond acceptors (Lipinski definition) is 5. The average molecular weight is 1070 g/mol. The van der Waals surface area contributed by atoms with E-state index >= 15 is 0 Å². The summed E-state index contributed by atoms with van der Waals surface area (Å²) in [5.74, 6) is 0. The third-order valence-electron chi connectivity index (χ3n) is 17.1. The maximum absolute atomic E-state index is 7.34. The number of rotatable bonds is 9. The zero-order chi connectivity index (χ0) is 55.4. The summed E-state index contributed by atoms with van der Waals surface area (Å²) in [6.07, 6.45) is 0. The van der Waals surface area contributed by atoms with Gasteiger partial charge in [0.2, 0.25) is 0 Å². The lowest BCUT2D eigenvalue weighted by Gasteiger charge is -2.29. The Labute approximate surface area is 480 Å². The summed E-state index contributed by atoms with van der Waals surface area (Å²) < 4.78 is 21.3. The predicted molar refractivity (Wildman–Crippen MR) is 348 cm³/mol.